The van der Waals surface area contributed by atoms with Crippen molar-refractivity contribution in [1.29, 1.82) is 0 Å². The van der Waals surface area contributed by atoms with Crippen molar-refractivity contribution < 1.29 is 14.1 Å². The number of hydrogen-bond acceptors (Lipinski definition) is 5. The number of halogens is 2. The van der Waals surface area contributed by atoms with Gasteiger partial charge in [-0.25, -0.2) is 9.37 Å². The van der Waals surface area contributed by atoms with Crippen LogP contribution in [0, 0.1) is 15.9 Å². The summed E-state index contributed by atoms with van der Waals surface area (Å²) in [4.78, 5) is 16.9. The molecule has 0 atom stereocenters. The first-order chi connectivity index (χ1) is 8.56. The van der Waals surface area contributed by atoms with E-state index in [2.05, 4.69) is 9.97 Å². The van der Waals surface area contributed by atoms with Crippen LogP contribution in [0.5, 0.6) is 11.6 Å². The van der Waals surface area contributed by atoms with E-state index in [1.54, 1.807) is 0 Å². The second kappa shape index (κ2) is 4.92. The van der Waals surface area contributed by atoms with Gasteiger partial charge in [-0.05, 0) is 22.0 Å². The molecule has 2 rings (SSSR count). The molecule has 0 aliphatic rings. The van der Waals surface area contributed by atoms with Crippen LogP contribution in [0.1, 0.15) is 0 Å². The van der Waals surface area contributed by atoms with Gasteiger partial charge in [-0.15, -0.1) is 0 Å². The molecule has 0 bridgehead atoms. The zero-order valence-corrected chi connectivity index (χ0v) is 9.46. The Bertz CT molecular complexity index is 591. The van der Waals surface area contributed by atoms with Crippen molar-refractivity contribution in [2.45, 2.75) is 0 Å². The van der Waals surface area contributed by atoms with Gasteiger partial charge in [0.2, 0.25) is 5.88 Å². The third kappa shape index (κ3) is 2.69. The molecule has 0 fully saturated rings. The SMILES string of the molecule is O=[N+]([O-])c1ccc(Oc2ncc(F)cc2Cl)cn1. The zero-order valence-electron chi connectivity index (χ0n) is 8.71. The Labute approximate surface area is 105 Å². The second-order valence-electron chi connectivity index (χ2n) is 3.15. The Kier molecular flexibility index (Phi) is 3.33. The maximum Gasteiger partial charge on any atom is 0.363 e. The van der Waals surface area contributed by atoms with Gasteiger partial charge in [-0.3, -0.25) is 0 Å². The number of aromatic nitrogens is 2. The monoisotopic (exact) mass is 269 g/mol. The van der Waals surface area contributed by atoms with Crippen molar-refractivity contribution in [3.63, 3.8) is 0 Å². The van der Waals surface area contributed by atoms with Crippen molar-refractivity contribution in [2.24, 2.45) is 0 Å². The van der Waals surface area contributed by atoms with E-state index < -0.39 is 10.7 Å². The molecule has 0 aliphatic heterocycles. The number of nitrogens with zero attached hydrogens (tertiary/aromatic N) is 3. The van der Waals surface area contributed by atoms with Crippen molar-refractivity contribution in [2.75, 3.05) is 0 Å². The third-order valence-corrected chi connectivity index (χ3v) is 2.17. The summed E-state index contributed by atoms with van der Waals surface area (Å²) in [7, 11) is 0. The Morgan fingerprint density at radius 2 is 2.11 bits per heavy atom. The molecule has 0 radical (unpaired) electrons. The number of rotatable bonds is 3. The molecular weight excluding hydrogens is 265 g/mol. The van der Waals surface area contributed by atoms with Gasteiger partial charge >= 0.3 is 5.82 Å². The molecular formula is C10H5ClFN3O3. The fourth-order valence-electron chi connectivity index (χ4n) is 1.13. The number of ether oxygens (including phenoxy) is 1. The first kappa shape index (κ1) is 12.2. The Hall–Kier alpha value is -2.28. The fraction of sp³-hybridized carbons (Fsp3) is 0. The average molecular weight is 270 g/mol. The van der Waals surface area contributed by atoms with E-state index in [0.717, 1.165) is 18.5 Å². The van der Waals surface area contributed by atoms with E-state index in [9.17, 15) is 14.5 Å². The molecule has 0 unspecified atom stereocenters. The lowest BCUT2D eigenvalue weighted by molar-refractivity contribution is -0.389. The van der Waals surface area contributed by atoms with Gasteiger partial charge in [0.15, 0.2) is 11.9 Å². The number of nitro groups is 1. The maximum atomic E-state index is 12.7. The lowest BCUT2D eigenvalue weighted by Crippen LogP contribution is -1.93. The summed E-state index contributed by atoms with van der Waals surface area (Å²) in [6.07, 6.45) is 2.10. The van der Waals surface area contributed by atoms with Gasteiger partial charge in [0, 0.05) is 6.07 Å². The largest absolute Gasteiger partial charge is 0.434 e. The van der Waals surface area contributed by atoms with Crippen LogP contribution in [0.2, 0.25) is 5.02 Å². The maximum absolute atomic E-state index is 12.7. The highest BCUT2D eigenvalue weighted by Gasteiger charge is 2.10. The highest BCUT2D eigenvalue weighted by Crippen LogP contribution is 2.27. The van der Waals surface area contributed by atoms with Gasteiger partial charge in [0.05, 0.1) is 6.20 Å². The third-order valence-electron chi connectivity index (χ3n) is 1.90. The molecule has 2 aromatic rings. The first-order valence-corrected chi connectivity index (χ1v) is 5.03. The molecule has 0 aliphatic carbocycles. The van der Waals surface area contributed by atoms with E-state index in [4.69, 9.17) is 16.3 Å². The molecule has 0 aromatic carbocycles. The second-order valence-corrected chi connectivity index (χ2v) is 3.56. The molecule has 0 N–H and O–H groups in total. The van der Waals surface area contributed by atoms with Crippen LogP contribution in [0.25, 0.3) is 0 Å². The molecule has 6 nitrogen and oxygen atoms in total. The van der Waals surface area contributed by atoms with Crippen LogP contribution >= 0.6 is 11.6 Å². The number of hydrogen-bond donors (Lipinski definition) is 0. The van der Waals surface area contributed by atoms with E-state index in [1.165, 1.54) is 12.1 Å². The summed E-state index contributed by atoms with van der Waals surface area (Å²) < 4.78 is 17.9. The zero-order chi connectivity index (χ0) is 13.1. The lowest BCUT2D eigenvalue weighted by Gasteiger charge is -2.04. The number of pyridine rings is 2. The van der Waals surface area contributed by atoms with Crippen LogP contribution in [-0.2, 0) is 0 Å². The molecule has 0 saturated carbocycles. The molecule has 18 heavy (non-hydrogen) atoms. The lowest BCUT2D eigenvalue weighted by atomic mass is 10.4. The summed E-state index contributed by atoms with van der Waals surface area (Å²) in [5.41, 5.74) is 0. The highest BCUT2D eigenvalue weighted by molar-refractivity contribution is 6.31. The molecule has 0 amide bonds. The van der Waals surface area contributed by atoms with Crippen LogP contribution in [0.3, 0.4) is 0 Å². The molecule has 2 aromatic heterocycles. The van der Waals surface area contributed by atoms with E-state index >= 15 is 0 Å². The minimum Gasteiger partial charge on any atom is -0.434 e. The smallest absolute Gasteiger partial charge is 0.363 e. The first-order valence-electron chi connectivity index (χ1n) is 4.65. The molecule has 0 spiro atoms. The normalized spacial score (nSPS) is 10.1. The molecule has 0 saturated heterocycles. The summed E-state index contributed by atoms with van der Waals surface area (Å²) in [5.74, 6) is -0.690. The van der Waals surface area contributed by atoms with Crippen LogP contribution < -0.4 is 4.74 Å². The summed E-state index contributed by atoms with van der Waals surface area (Å²) >= 11 is 5.71. The predicted octanol–water partition coefficient (Wildman–Crippen LogP) is 2.97. The van der Waals surface area contributed by atoms with Crippen LogP contribution in [0.15, 0.2) is 30.6 Å². The highest BCUT2D eigenvalue weighted by atomic mass is 35.5. The van der Waals surface area contributed by atoms with Crippen molar-refractivity contribution in [3.05, 3.63) is 51.5 Å². The van der Waals surface area contributed by atoms with E-state index in [0.29, 0.717) is 0 Å². The molecule has 92 valence electrons. The summed E-state index contributed by atoms with van der Waals surface area (Å²) in [6.45, 7) is 0. The van der Waals surface area contributed by atoms with Gasteiger partial charge in [-0.2, -0.15) is 0 Å². The standard InChI is InChI=1S/C10H5ClFN3O3/c11-8-3-6(12)4-14-10(8)18-7-1-2-9(13-5-7)15(16)17/h1-5H. The van der Waals surface area contributed by atoms with Crippen molar-refractivity contribution in [1.82, 2.24) is 9.97 Å². The van der Waals surface area contributed by atoms with Crippen molar-refractivity contribution >= 4 is 17.4 Å². The van der Waals surface area contributed by atoms with Gasteiger partial charge < -0.3 is 14.9 Å². The molecule has 2 heterocycles. The average Bonchev–Trinajstić information content (AvgIpc) is 2.33. The topological polar surface area (TPSA) is 78.2 Å². The van der Waals surface area contributed by atoms with Gasteiger partial charge in [0.25, 0.3) is 0 Å². The quantitative estimate of drug-likeness (QED) is 0.632. The Morgan fingerprint density at radius 3 is 2.67 bits per heavy atom. The Balaban J connectivity index is 2.21. The van der Waals surface area contributed by atoms with E-state index in [1.807, 2.05) is 0 Å². The molecule has 8 heteroatoms. The van der Waals surface area contributed by atoms with Crippen LogP contribution in [-0.4, -0.2) is 14.9 Å². The summed E-state index contributed by atoms with van der Waals surface area (Å²) in [5, 5.41) is 10.4. The van der Waals surface area contributed by atoms with Crippen LogP contribution in [0.4, 0.5) is 10.2 Å². The minimum absolute atomic E-state index is 0.00582. The minimum atomic E-state index is -0.632. The predicted molar refractivity (Wildman–Crippen MR) is 60.2 cm³/mol. The van der Waals surface area contributed by atoms with E-state index in [-0.39, 0.29) is 22.5 Å². The fourth-order valence-corrected chi connectivity index (χ4v) is 1.32. The van der Waals surface area contributed by atoms with Gasteiger partial charge in [-0.1, -0.05) is 11.6 Å². The van der Waals surface area contributed by atoms with Crippen molar-refractivity contribution in [3.8, 4) is 11.6 Å². The Morgan fingerprint density at radius 1 is 1.33 bits per heavy atom. The van der Waals surface area contributed by atoms with Gasteiger partial charge in [0.1, 0.15) is 10.8 Å². The summed E-state index contributed by atoms with van der Waals surface area (Å²) in [6, 6.07) is 3.56.